The molecule has 0 aliphatic carbocycles. The molecule has 0 aromatic rings. The van der Waals surface area contributed by atoms with Gasteiger partial charge in [0, 0.05) is 25.7 Å². The van der Waals surface area contributed by atoms with Crippen LogP contribution in [0.2, 0.25) is 0 Å². The molecule has 2 aliphatic rings. The third-order valence-corrected chi connectivity index (χ3v) is 3.11. The molecule has 68 valence electrons. The summed E-state index contributed by atoms with van der Waals surface area (Å²) in [4.78, 5) is 15.4. The fourth-order valence-corrected chi connectivity index (χ4v) is 2.39. The molecule has 0 radical (unpaired) electrons. The van der Waals surface area contributed by atoms with Gasteiger partial charge in [-0.25, -0.2) is 0 Å². The van der Waals surface area contributed by atoms with Crippen molar-refractivity contribution in [1.29, 1.82) is 0 Å². The summed E-state index contributed by atoms with van der Waals surface area (Å²) in [5.41, 5.74) is 0. The van der Waals surface area contributed by atoms with Gasteiger partial charge in [-0.15, -0.1) is 0 Å². The number of rotatable bonds is 1. The lowest BCUT2D eigenvalue weighted by molar-refractivity contribution is -0.112. The molecule has 2 saturated heterocycles. The maximum Gasteiger partial charge on any atom is 0.137 e. The highest BCUT2D eigenvalue weighted by molar-refractivity contribution is 5.58. The summed E-state index contributed by atoms with van der Waals surface area (Å²) in [6.45, 7) is 3.33. The fourth-order valence-electron chi connectivity index (χ4n) is 2.39. The lowest BCUT2D eigenvalue weighted by atomic mass is 10.2. The molecule has 2 heterocycles. The Bertz CT molecular complexity index is 183. The number of carbonyl (C=O) groups is 1. The van der Waals surface area contributed by atoms with Crippen molar-refractivity contribution in [1.82, 2.24) is 9.80 Å². The predicted molar refractivity (Wildman–Crippen MR) is 47.1 cm³/mol. The first kappa shape index (κ1) is 8.20. The van der Waals surface area contributed by atoms with Gasteiger partial charge in [0.1, 0.15) is 6.29 Å². The number of hydrogen-bond acceptors (Lipinski definition) is 3. The van der Waals surface area contributed by atoms with E-state index in [0.29, 0.717) is 6.04 Å². The van der Waals surface area contributed by atoms with Gasteiger partial charge < -0.3 is 9.69 Å². The van der Waals surface area contributed by atoms with Crippen molar-refractivity contribution < 1.29 is 4.79 Å². The van der Waals surface area contributed by atoms with E-state index in [9.17, 15) is 4.79 Å². The molecule has 3 nitrogen and oxygen atoms in total. The fraction of sp³-hybridized carbons (Fsp3) is 0.889. The van der Waals surface area contributed by atoms with Gasteiger partial charge in [-0.3, -0.25) is 4.90 Å². The highest BCUT2D eigenvalue weighted by atomic mass is 16.1. The molecule has 2 aliphatic heterocycles. The van der Waals surface area contributed by atoms with Crippen molar-refractivity contribution in [3.63, 3.8) is 0 Å². The molecule has 0 bridgehead atoms. The van der Waals surface area contributed by atoms with Crippen LogP contribution in [0.3, 0.4) is 0 Å². The second-order valence-corrected chi connectivity index (χ2v) is 3.93. The van der Waals surface area contributed by atoms with Crippen LogP contribution in [0.4, 0.5) is 0 Å². The average Bonchev–Trinajstić information content (AvgIpc) is 2.46. The number of likely N-dealkylation sites (N-methyl/N-ethyl adjacent to an activating group) is 1. The Morgan fingerprint density at radius 2 is 2.17 bits per heavy atom. The summed E-state index contributed by atoms with van der Waals surface area (Å²) in [6, 6.07) is 0.877. The number of carbonyl (C=O) groups excluding carboxylic acids is 1. The van der Waals surface area contributed by atoms with Gasteiger partial charge in [0.05, 0.1) is 6.04 Å². The first-order valence-electron chi connectivity index (χ1n) is 4.71. The summed E-state index contributed by atoms with van der Waals surface area (Å²) in [7, 11) is 2.16. The lowest BCUT2D eigenvalue weighted by Gasteiger charge is -2.36. The van der Waals surface area contributed by atoms with Crippen LogP contribution in [0.25, 0.3) is 0 Å². The highest BCUT2D eigenvalue weighted by Gasteiger charge is 2.35. The Morgan fingerprint density at radius 1 is 1.33 bits per heavy atom. The van der Waals surface area contributed by atoms with Crippen molar-refractivity contribution in [3.8, 4) is 0 Å². The van der Waals surface area contributed by atoms with E-state index < -0.39 is 0 Å². The first-order chi connectivity index (χ1) is 5.81. The second-order valence-electron chi connectivity index (χ2n) is 3.93. The van der Waals surface area contributed by atoms with E-state index >= 15 is 0 Å². The van der Waals surface area contributed by atoms with Gasteiger partial charge in [-0.05, 0) is 19.9 Å². The highest BCUT2D eigenvalue weighted by Crippen LogP contribution is 2.25. The predicted octanol–water partition coefficient (Wildman–Crippen LogP) is -0.0363. The van der Waals surface area contributed by atoms with Gasteiger partial charge in [0.2, 0.25) is 0 Å². The Balaban J connectivity index is 2.02. The zero-order valence-corrected chi connectivity index (χ0v) is 7.57. The number of piperazine rings is 1. The maximum absolute atomic E-state index is 10.7. The van der Waals surface area contributed by atoms with Crippen LogP contribution in [0, 0.1) is 0 Å². The molecule has 2 unspecified atom stereocenters. The third-order valence-electron chi connectivity index (χ3n) is 3.11. The van der Waals surface area contributed by atoms with E-state index in [0.717, 1.165) is 32.3 Å². The quantitative estimate of drug-likeness (QED) is 0.513. The summed E-state index contributed by atoms with van der Waals surface area (Å²) >= 11 is 0. The second kappa shape index (κ2) is 3.15. The normalized spacial score (nSPS) is 38.1. The number of fused-ring (bicyclic) bond motifs is 1. The average molecular weight is 168 g/mol. The molecule has 2 fully saturated rings. The summed E-state index contributed by atoms with van der Waals surface area (Å²) in [5.74, 6) is 0. The van der Waals surface area contributed by atoms with Gasteiger partial charge in [-0.1, -0.05) is 0 Å². The summed E-state index contributed by atoms with van der Waals surface area (Å²) < 4.78 is 0. The molecular formula is C9H16N2O. The van der Waals surface area contributed by atoms with Crippen LogP contribution in [0.1, 0.15) is 12.8 Å². The topological polar surface area (TPSA) is 23.6 Å². The molecule has 0 N–H and O–H groups in total. The van der Waals surface area contributed by atoms with Crippen molar-refractivity contribution in [2.45, 2.75) is 24.9 Å². The SMILES string of the molecule is CN1CCN2C(C=O)CCC2C1. The van der Waals surface area contributed by atoms with Crippen LogP contribution in [-0.2, 0) is 4.79 Å². The monoisotopic (exact) mass is 168 g/mol. The minimum atomic E-state index is 0.226. The molecule has 0 saturated carbocycles. The van der Waals surface area contributed by atoms with Gasteiger partial charge in [0.15, 0.2) is 0 Å². The Morgan fingerprint density at radius 3 is 2.92 bits per heavy atom. The van der Waals surface area contributed by atoms with E-state index in [2.05, 4.69) is 16.8 Å². The third kappa shape index (κ3) is 1.27. The standard InChI is InChI=1S/C9H16N2O/c1-10-4-5-11-8(6-10)2-3-9(11)7-12/h7-9H,2-6H2,1H3. The smallest absolute Gasteiger partial charge is 0.137 e. The van der Waals surface area contributed by atoms with E-state index in [4.69, 9.17) is 0 Å². The Kier molecular flexibility index (Phi) is 2.15. The molecule has 0 aromatic heterocycles. The molecular weight excluding hydrogens is 152 g/mol. The van der Waals surface area contributed by atoms with E-state index in [1.165, 1.54) is 6.42 Å². The lowest BCUT2D eigenvalue weighted by Crippen LogP contribution is -2.51. The zero-order valence-electron chi connectivity index (χ0n) is 7.57. The Hall–Kier alpha value is -0.410. The number of hydrogen-bond donors (Lipinski definition) is 0. The number of nitrogens with zero attached hydrogens (tertiary/aromatic N) is 2. The van der Waals surface area contributed by atoms with Crippen molar-refractivity contribution in [3.05, 3.63) is 0 Å². The van der Waals surface area contributed by atoms with Crippen LogP contribution < -0.4 is 0 Å². The van der Waals surface area contributed by atoms with Crippen molar-refractivity contribution in [2.24, 2.45) is 0 Å². The molecule has 0 aromatic carbocycles. The first-order valence-corrected chi connectivity index (χ1v) is 4.71. The maximum atomic E-state index is 10.7. The van der Waals surface area contributed by atoms with Crippen molar-refractivity contribution in [2.75, 3.05) is 26.7 Å². The zero-order chi connectivity index (χ0) is 8.55. The van der Waals surface area contributed by atoms with E-state index in [1.54, 1.807) is 0 Å². The molecule has 2 atom stereocenters. The molecule has 12 heavy (non-hydrogen) atoms. The van der Waals surface area contributed by atoms with Crippen LogP contribution >= 0.6 is 0 Å². The number of aldehydes is 1. The van der Waals surface area contributed by atoms with Gasteiger partial charge in [-0.2, -0.15) is 0 Å². The van der Waals surface area contributed by atoms with Crippen LogP contribution in [0.15, 0.2) is 0 Å². The molecule has 2 rings (SSSR count). The van der Waals surface area contributed by atoms with E-state index in [-0.39, 0.29) is 6.04 Å². The summed E-state index contributed by atoms with van der Waals surface area (Å²) in [5, 5.41) is 0. The van der Waals surface area contributed by atoms with Gasteiger partial charge >= 0.3 is 0 Å². The molecule has 3 heteroatoms. The molecule has 0 spiro atoms. The largest absolute Gasteiger partial charge is 0.304 e. The van der Waals surface area contributed by atoms with E-state index in [1.807, 2.05) is 0 Å². The minimum Gasteiger partial charge on any atom is -0.304 e. The summed E-state index contributed by atoms with van der Waals surface area (Å²) in [6.07, 6.45) is 3.39. The van der Waals surface area contributed by atoms with Crippen LogP contribution in [-0.4, -0.2) is 54.9 Å². The van der Waals surface area contributed by atoms with Crippen LogP contribution in [0.5, 0.6) is 0 Å². The van der Waals surface area contributed by atoms with Crippen molar-refractivity contribution >= 4 is 6.29 Å². The Labute approximate surface area is 73.3 Å². The minimum absolute atomic E-state index is 0.226. The molecule has 0 amide bonds. The van der Waals surface area contributed by atoms with Gasteiger partial charge in [0.25, 0.3) is 0 Å².